The zero-order valence-electron chi connectivity index (χ0n) is 14.3. The van der Waals surface area contributed by atoms with Crippen LogP contribution in [-0.4, -0.2) is 28.8 Å². The fourth-order valence-corrected chi connectivity index (χ4v) is 4.77. The second-order valence-electron chi connectivity index (χ2n) is 6.87. The van der Waals surface area contributed by atoms with E-state index in [0.29, 0.717) is 22.9 Å². The fraction of sp³-hybridized carbons (Fsp3) is 0.421. The molecule has 2 aliphatic rings. The first-order valence-corrected chi connectivity index (χ1v) is 10.1. The summed E-state index contributed by atoms with van der Waals surface area (Å²) in [5.74, 6) is -0.272. The van der Waals surface area contributed by atoms with Crippen LogP contribution in [0.3, 0.4) is 0 Å². The van der Waals surface area contributed by atoms with Gasteiger partial charge in [0, 0.05) is 12.0 Å². The van der Waals surface area contributed by atoms with E-state index in [9.17, 15) is 9.59 Å². The van der Waals surface area contributed by atoms with Crippen LogP contribution in [0.4, 0.5) is 0 Å². The van der Waals surface area contributed by atoms with Crippen molar-refractivity contribution in [3.63, 3.8) is 0 Å². The van der Waals surface area contributed by atoms with Gasteiger partial charge in [-0.3, -0.25) is 9.59 Å². The number of benzene rings is 1. The van der Waals surface area contributed by atoms with Gasteiger partial charge in [-0.25, -0.2) is 0 Å². The smallest absolute Gasteiger partial charge is 0.309 e. The Balaban J connectivity index is 1.76. The number of methoxy groups -OCH3 is 1. The van der Waals surface area contributed by atoms with E-state index in [4.69, 9.17) is 16.3 Å². The Kier molecular flexibility index (Phi) is 4.81. The Morgan fingerprint density at radius 2 is 2.08 bits per heavy atom. The minimum absolute atomic E-state index is 0.206. The molecule has 136 valence electrons. The van der Waals surface area contributed by atoms with E-state index in [1.165, 1.54) is 11.8 Å². The van der Waals surface area contributed by atoms with Gasteiger partial charge < -0.3 is 4.74 Å². The van der Waals surface area contributed by atoms with Crippen molar-refractivity contribution in [2.45, 2.75) is 38.0 Å². The summed E-state index contributed by atoms with van der Waals surface area (Å²) in [5, 5.41) is 4.95. The first-order valence-electron chi connectivity index (χ1n) is 8.68. The molecular weight excluding hydrogens is 467 g/mol. The molecule has 1 saturated carbocycles. The van der Waals surface area contributed by atoms with E-state index < -0.39 is 0 Å². The number of esters is 1. The first kappa shape index (κ1) is 18.0. The quantitative estimate of drug-likeness (QED) is 0.488. The molecule has 0 bridgehead atoms. The number of rotatable bonds is 3. The SMILES string of the molecule is COC(=O)C1CCc2c(I)nn(C(=O)c3c(Cl)cccc3C3CC3)c2C1. The third-order valence-electron chi connectivity index (χ3n) is 5.23. The number of hydrogen-bond donors (Lipinski definition) is 0. The molecule has 4 rings (SSSR count). The van der Waals surface area contributed by atoms with Crippen molar-refractivity contribution >= 4 is 46.1 Å². The minimum atomic E-state index is -0.235. The van der Waals surface area contributed by atoms with Crippen LogP contribution in [-0.2, 0) is 22.4 Å². The second kappa shape index (κ2) is 6.96. The van der Waals surface area contributed by atoms with E-state index in [1.807, 2.05) is 12.1 Å². The van der Waals surface area contributed by atoms with Crippen LogP contribution >= 0.6 is 34.2 Å². The molecule has 1 unspecified atom stereocenters. The highest BCUT2D eigenvalue weighted by Crippen LogP contribution is 2.43. The number of carbonyl (C=O) groups excluding carboxylic acids is 2. The molecule has 1 fully saturated rings. The topological polar surface area (TPSA) is 61.2 Å². The maximum absolute atomic E-state index is 13.3. The summed E-state index contributed by atoms with van der Waals surface area (Å²) in [5.41, 5.74) is 3.41. The summed E-state index contributed by atoms with van der Waals surface area (Å²) in [7, 11) is 1.40. The van der Waals surface area contributed by atoms with Crippen molar-refractivity contribution in [3.8, 4) is 0 Å². The minimum Gasteiger partial charge on any atom is -0.469 e. The first-order chi connectivity index (χ1) is 12.5. The van der Waals surface area contributed by atoms with Crippen molar-refractivity contribution in [3.05, 3.63) is 49.3 Å². The lowest BCUT2D eigenvalue weighted by Gasteiger charge is -2.21. The standard InChI is InChI=1S/C19H18ClIN2O3/c1-26-19(25)11-7-8-13-15(9-11)23(22-17(13)21)18(24)16-12(10-5-6-10)3-2-4-14(16)20/h2-4,10-11H,5-9H2,1H3. The van der Waals surface area contributed by atoms with E-state index in [2.05, 4.69) is 27.7 Å². The lowest BCUT2D eigenvalue weighted by molar-refractivity contribution is -0.145. The Labute approximate surface area is 170 Å². The Bertz CT molecular complexity index is 904. The highest BCUT2D eigenvalue weighted by Gasteiger charge is 2.34. The summed E-state index contributed by atoms with van der Waals surface area (Å²) in [4.78, 5) is 25.3. The third-order valence-corrected chi connectivity index (χ3v) is 6.41. The van der Waals surface area contributed by atoms with Gasteiger partial charge in [0.15, 0.2) is 0 Å². The van der Waals surface area contributed by atoms with Gasteiger partial charge in [0.1, 0.15) is 3.70 Å². The number of hydrogen-bond acceptors (Lipinski definition) is 4. The van der Waals surface area contributed by atoms with Crippen molar-refractivity contribution in [1.29, 1.82) is 0 Å². The third kappa shape index (κ3) is 3.07. The molecule has 2 aliphatic carbocycles. The molecule has 5 nitrogen and oxygen atoms in total. The largest absolute Gasteiger partial charge is 0.469 e. The van der Waals surface area contributed by atoms with Crippen molar-refractivity contribution in [2.75, 3.05) is 7.11 Å². The maximum Gasteiger partial charge on any atom is 0.309 e. The molecule has 2 aromatic rings. The number of nitrogens with zero attached hydrogens (tertiary/aromatic N) is 2. The number of carbonyl (C=O) groups is 2. The second-order valence-corrected chi connectivity index (χ2v) is 8.30. The molecule has 0 aliphatic heterocycles. The Morgan fingerprint density at radius 1 is 1.31 bits per heavy atom. The van der Waals surface area contributed by atoms with Crippen LogP contribution in [0.5, 0.6) is 0 Å². The van der Waals surface area contributed by atoms with Gasteiger partial charge >= 0.3 is 5.97 Å². The van der Waals surface area contributed by atoms with Gasteiger partial charge in [0.2, 0.25) is 0 Å². The van der Waals surface area contributed by atoms with E-state index in [1.54, 1.807) is 6.07 Å². The van der Waals surface area contributed by atoms with Crippen molar-refractivity contribution in [2.24, 2.45) is 5.92 Å². The molecule has 1 aromatic carbocycles. The van der Waals surface area contributed by atoms with E-state index in [0.717, 1.165) is 46.2 Å². The normalized spacial score (nSPS) is 19.1. The van der Waals surface area contributed by atoms with Crippen LogP contribution in [0.15, 0.2) is 18.2 Å². The predicted octanol–water partition coefficient (Wildman–Crippen LogP) is 3.98. The maximum atomic E-state index is 13.3. The highest BCUT2D eigenvalue weighted by atomic mass is 127. The van der Waals surface area contributed by atoms with Gasteiger partial charge in [0.25, 0.3) is 5.91 Å². The van der Waals surface area contributed by atoms with Crippen LogP contribution in [0, 0.1) is 9.62 Å². The van der Waals surface area contributed by atoms with Gasteiger partial charge in [-0.2, -0.15) is 9.78 Å². The van der Waals surface area contributed by atoms with Gasteiger partial charge in [-0.1, -0.05) is 23.7 Å². The average Bonchev–Trinajstić information content (AvgIpc) is 3.44. The summed E-state index contributed by atoms with van der Waals surface area (Å²) in [6.07, 6.45) is 4.07. The molecule has 0 amide bonds. The monoisotopic (exact) mass is 484 g/mol. The molecule has 0 spiro atoms. The van der Waals surface area contributed by atoms with Gasteiger partial charge in [-0.15, -0.1) is 0 Å². The lowest BCUT2D eigenvalue weighted by Crippen LogP contribution is -2.27. The zero-order valence-corrected chi connectivity index (χ0v) is 17.2. The highest BCUT2D eigenvalue weighted by molar-refractivity contribution is 14.1. The van der Waals surface area contributed by atoms with Gasteiger partial charge in [0.05, 0.1) is 29.3 Å². The van der Waals surface area contributed by atoms with Gasteiger partial charge in [-0.05, 0) is 65.8 Å². The van der Waals surface area contributed by atoms with E-state index >= 15 is 0 Å². The molecule has 1 atom stereocenters. The summed E-state index contributed by atoms with van der Waals surface area (Å²) < 4.78 is 7.17. The molecule has 0 saturated heterocycles. The molecule has 1 heterocycles. The Morgan fingerprint density at radius 3 is 2.77 bits per heavy atom. The summed E-state index contributed by atoms with van der Waals surface area (Å²) in [6.45, 7) is 0. The molecule has 7 heteroatoms. The predicted molar refractivity (Wildman–Crippen MR) is 106 cm³/mol. The number of halogens is 2. The summed E-state index contributed by atoms with van der Waals surface area (Å²) in [6, 6.07) is 5.62. The lowest BCUT2D eigenvalue weighted by atomic mass is 9.88. The van der Waals surface area contributed by atoms with Crippen LogP contribution < -0.4 is 0 Å². The number of fused-ring (bicyclic) bond motifs is 1. The molecule has 0 radical (unpaired) electrons. The molecular formula is C19H18ClIN2O3. The van der Waals surface area contributed by atoms with Crippen LogP contribution in [0.25, 0.3) is 0 Å². The van der Waals surface area contributed by atoms with Crippen LogP contribution in [0.1, 0.15) is 52.4 Å². The number of aromatic nitrogens is 2. The Hall–Kier alpha value is -1.41. The number of ether oxygens (including phenoxy) is 1. The summed E-state index contributed by atoms with van der Waals surface area (Å²) >= 11 is 8.56. The molecule has 26 heavy (non-hydrogen) atoms. The molecule has 0 N–H and O–H groups in total. The average molecular weight is 485 g/mol. The fourth-order valence-electron chi connectivity index (χ4n) is 3.71. The zero-order chi connectivity index (χ0) is 18.4. The van der Waals surface area contributed by atoms with Crippen LogP contribution in [0.2, 0.25) is 5.02 Å². The van der Waals surface area contributed by atoms with Crippen molar-refractivity contribution in [1.82, 2.24) is 9.78 Å². The van der Waals surface area contributed by atoms with E-state index in [-0.39, 0.29) is 17.8 Å². The van der Waals surface area contributed by atoms with Crippen molar-refractivity contribution < 1.29 is 14.3 Å². The molecule has 1 aromatic heterocycles.